The summed E-state index contributed by atoms with van der Waals surface area (Å²) in [6.07, 6.45) is 0. The molecule has 0 aliphatic carbocycles. The van der Waals surface area contributed by atoms with Crippen molar-refractivity contribution in [3.05, 3.63) is 59.2 Å². The third-order valence-electron chi connectivity index (χ3n) is 4.05. The van der Waals surface area contributed by atoms with Crippen LogP contribution in [0.3, 0.4) is 0 Å². The van der Waals surface area contributed by atoms with Crippen molar-refractivity contribution in [1.82, 2.24) is 4.90 Å². The second-order valence-corrected chi connectivity index (χ2v) is 5.51. The molecule has 1 heterocycles. The molecule has 7 nitrogen and oxygen atoms in total. The molecule has 0 saturated heterocycles. The number of benzene rings is 2. The van der Waals surface area contributed by atoms with E-state index in [-0.39, 0.29) is 30.5 Å². The molecule has 1 aliphatic rings. The Morgan fingerprint density at radius 2 is 1.62 bits per heavy atom. The lowest BCUT2D eigenvalue weighted by molar-refractivity contribution is 0.0417. The Balaban J connectivity index is 1.65. The Hall–Kier alpha value is -3.35. The van der Waals surface area contributed by atoms with Gasteiger partial charge in [-0.15, -0.1) is 0 Å². The molecule has 1 aliphatic heterocycles. The molecule has 0 saturated carbocycles. The number of amides is 2. The van der Waals surface area contributed by atoms with Crippen molar-refractivity contribution in [3.8, 4) is 11.5 Å². The molecule has 0 aromatic heterocycles. The first-order chi connectivity index (χ1) is 12.6. The Labute approximate surface area is 150 Å². The summed E-state index contributed by atoms with van der Waals surface area (Å²) in [6.45, 7) is -0.144. The monoisotopic (exact) mass is 355 g/mol. The van der Waals surface area contributed by atoms with Crippen LogP contribution in [-0.4, -0.2) is 50.1 Å². The number of hydrogen-bond acceptors (Lipinski definition) is 6. The lowest BCUT2D eigenvalue weighted by Gasteiger charge is -2.14. The molecule has 2 amide bonds. The topological polar surface area (TPSA) is 82.1 Å². The zero-order valence-electron chi connectivity index (χ0n) is 14.4. The normalized spacial score (nSPS) is 12.8. The number of hydrogen-bond donors (Lipinski definition) is 0. The van der Waals surface area contributed by atoms with Crippen molar-refractivity contribution in [2.24, 2.45) is 0 Å². The van der Waals surface area contributed by atoms with Crippen LogP contribution in [-0.2, 0) is 4.74 Å². The number of rotatable bonds is 6. The third-order valence-corrected chi connectivity index (χ3v) is 4.05. The van der Waals surface area contributed by atoms with Gasteiger partial charge in [-0.05, 0) is 30.3 Å². The minimum absolute atomic E-state index is 0.0234. The average Bonchev–Trinajstić information content (AvgIpc) is 2.92. The minimum atomic E-state index is -0.627. The van der Waals surface area contributed by atoms with Crippen LogP contribution in [0.2, 0.25) is 0 Å². The van der Waals surface area contributed by atoms with Crippen LogP contribution in [0.5, 0.6) is 11.5 Å². The number of nitrogens with zero attached hydrogens (tertiary/aromatic N) is 1. The molecule has 0 fully saturated rings. The minimum Gasteiger partial charge on any atom is -0.497 e. The summed E-state index contributed by atoms with van der Waals surface area (Å²) in [5, 5.41) is 0. The number of carbonyl (C=O) groups is 3. The molecule has 0 N–H and O–H groups in total. The molecular weight excluding hydrogens is 338 g/mol. The predicted octanol–water partition coefficient (Wildman–Crippen LogP) is 2.16. The van der Waals surface area contributed by atoms with Crippen LogP contribution in [0.1, 0.15) is 31.1 Å². The van der Waals surface area contributed by atoms with Crippen LogP contribution < -0.4 is 9.47 Å². The van der Waals surface area contributed by atoms with E-state index in [1.807, 2.05) is 0 Å². The molecule has 0 atom stereocenters. The molecule has 2 aromatic rings. The van der Waals surface area contributed by atoms with Gasteiger partial charge >= 0.3 is 5.97 Å². The zero-order chi connectivity index (χ0) is 18.7. The van der Waals surface area contributed by atoms with Gasteiger partial charge in [0.1, 0.15) is 23.7 Å². The second kappa shape index (κ2) is 7.26. The van der Waals surface area contributed by atoms with E-state index in [4.69, 9.17) is 14.2 Å². The van der Waals surface area contributed by atoms with E-state index < -0.39 is 5.97 Å². The van der Waals surface area contributed by atoms with E-state index in [1.54, 1.807) is 36.4 Å². The van der Waals surface area contributed by atoms with Crippen LogP contribution in [0.25, 0.3) is 0 Å². The van der Waals surface area contributed by atoms with Gasteiger partial charge in [-0.1, -0.05) is 12.1 Å². The predicted molar refractivity (Wildman–Crippen MR) is 91.6 cm³/mol. The third kappa shape index (κ3) is 3.11. The summed E-state index contributed by atoms with van der Waals surface area (Å²) in [7, 11) is 2.93. The summed E-state index contributed by atoms with van der Waals surface area (Å²) >= 11 is 0. The highest BCUT2D eigenvalue weighted by atomic mass is 16.5. The molecule has 0 radical (unpaired) electrons. The Morgan fingerprint density at radius 3 is 2.19 bits per heavy atom. The van der Waals surface area contributed by atoms with E-state index in [2.05, 4.69) is 0 Å². The lowest BCUT2D eigenvalue weighted by Crippen LogP contribution is -2.33. The maximum absolute atomic E-state index is 12.3. The van der Waals surface area contributed by atoms with Gasteiger partial charge in [0, 0.05) is 0 Å². The highest BCUT2D eigenvalue weighted by Gasteiger charge is 2.34. The second-order valence-electron chi connectivity index (χ2n) is 5.51. The van der Waals surface area contributed by atoms with Crippen molar-refractivity contribution in [2.75, 3.05) is 27.4 Å². The van der Waals surface area contributed by atoms with Gasteiger partial charge in [-0.3, -0.25) is 14.5 Å². The number of methoxy groups -OCH3 is 2. The maximum atomic E-state index is 12.3. The summed E-state index contributed by atoms with van der Waals surface area (Å²) in [5.74, 6) is -0.576. The van der Waals surface area contributed by atoms with Gasteiger partial charge in [0.2, 0.25) is 0 Å². The molecular formula is C19H17NO6. The standard InChI is InChI=1S/C19H17NO6/c1-24-12-7-8-16(25-2)15(11-12)19(23)26-10-9-20-17(21)13-5-3-4-6-14(13)18(20)22/h3-8,11H,9-10H2,1-2H3. The number of esters is 1. The van der Waals surface area contributed by atoms with Gasteiger partial charge in [-0.2, -0.15) is 0 Å². The number of ether oxygens (including phenoxy) is 3. The molecule has 0 unspecified atom stereocenters. The van der Waals surface area contributed by atoms with E-state index in [9.17, 15) is 14.4 Å². The summed E-state index contributed by atoms with van der Waals surface area (Å²) < 4.78 is 15.4. The Kier molecular flexibility index (Phi) is 4.88. The SMILES string of the molecule is COc1ccc(OC)c(C(=O)OCCN2C(=O)c3ccccc3C2=O)c1. The van der Waals surface area contributed by atoms with E-state index in [1.165, 1.54) is 20.3 Å². The van der Waals surface area contributed by atoms with Crippen molar-refractivity contribution in [2.45, 2.75) is 0 Å². The molecule has 26 heavy (non-hydrogen) atoms. The number of carbonyl (C=O) groups excluding carboxylic acids is 3. The smallest absolute Gasteiger partial charge is 0.342 e. The zero-order valence-corrected chi connectivity index (χ0v) is 14.4. The van der Waals surface area contributed by atoms with Crippen LogP contribution >= 0.6 is 0 Å². The van der Waals surface area contributed by atoms with Gasteiger partial charge in [-0.25, -0.2) is 4.79 Å². The first-order valence-corrected chi connectivity index (χ1v) is 7.91. The van der Waals surface area contributed by atoms with Crippen LogP contribution in [0.15, 0.2) is 42.5 Å². The highest BCUT2D eigenvalue weighted by Crippen LogP contribution is 2.25. The van der Waals surface area contributed by atoms with Crippen LogP contribution in [0, 0.1) is 0 Å². The average molecular weight is 355 g/mol. The lowest BCUT2D eigenvalue weighted by atomic mass is 10.1. The fourth-order valence-corrected chi connectivity index (χ4v) is 2.72. The number of imide groups is 1. The van der Waals surface area contributed by atoms with Crippen LogP contribution in [0.4, 0.5) is 0 Å². The van der Waals surface area contributed by atoms with Crippen molar-refractivity contribution < 1.29 is 28.6 Å². The van der Waals surface area contributed by atoms with Crippen molar-refractivity contribution >= 4 is 17.8 Å². The van der Waals surface area contributed by atoms with Gasteiger partial charge in [0.05, 0.1) is 31.9 Å². The van der Waals surface area contributed by atoms with Crippen molar-refractivity contribution in [3.63, 3.8) is 0 Å². The summed E-state index contributed by atoms with van der Waals surface area (Å²) in [6, 6.07) is 11.4. The molecule has 3 rings (SSSR count). The molecule has 134 valence electrons. The summed E-state index contributed by atoms with van der Waals surface area (Å²) in [5.41, 5.74) is 0.922. The first-order valence-electron chi connectivity index (χ1n) is 7.91. The van der Waals surface area contributed by atoms with Crippen molar-refractivity contribution in [1.29, 1.82) is 0 Å². The van der Waals surface area contributed by atoms with E-state index in [0.717, 1.165) is 4.90 Å². The fraction of sp³-hybridized carbons (Fsp3) is 0.211. The number of fused-ring (bicyclic) bond motifs is 1. The molecule has 2 aromatic carbocycles. The maximum Gasteiger partial charge on any atom is 0.342 e. The van der Waals surface area contributed by atoms with Gasteiger partial charge < -0.3 is 14.2 Å². The van der Waals surface area contributed by atoms with Gasteiger partial charge in [0.25, 0.3) is 11.8 Å². The molecule has 0 spiro atoms. The van der Waals surface area contributed by atoms with E-state index in [0.29, 0.717) is 22.6 Å². The highest BCUT2D eigenvalue weighted by molar-refractivity contribution is 6.21. The fourth-order valence-electron chi connectivity index (χ4n) is 2.72. The van der Waals surface area contributed by atoms with Gasteiger partial charge in [0.15, 0.2) is 0 Å². The Bertz CT molecular complexity index is 841. The quantitative estimate of drug-likeness (QED) is 0.583. The largest absolute Gasteiger partial charge is 0.497 e. The molecule has 7 heteroatoms. The van der Waals surface area contributed by atoms with E-state index >= 15 is 0 Å². The molecule has 0 bridgehead atoms. The first kappa shape index (κ1) is 17.5. The summed E-state index contributed by atoms with van der Waals surface area (Å²) in [4.78, 5) is 37.9. The Morgan fingerprint density at radius 1 is 0.962 bits per heavy atom.